The fourth-order valence-electron chi connectivity index (χ4n) is 1.63. The number of carbonyl (C=O) groups excluding carboxylic acids is 1. The number of hydrogen-bond donors (Lipinski definition) is 1. The second-order valence-corrected chi connectivity index (χ2v) is 6.72. The van der Waals surface area contributed by atoms with Crippen molar-refractivity contribution in [1.82, 2.24) is 9.21 Å². The molecular weight excluding hydrogens is 262 g/mol. The molecule has 1 rings (SSSR count). The van der Waals surface area contributed by atoms with Crippen molar-refractivity contribution in [3.63, 3.8) is 0 Å². The molecule has 17 heavy (non-hydrogen) atoms. The molecule has 1 amide bonds. The van der Waals surface area contributed by atoms with Gasteiger partial charge in [-0.2, -0.15) is 4.31 Å². The maximum Gasteiger partial charge on any atom is 0.223 e. The maximum atomic E-state index is 12.1. The van der Waals surface area contributed by atoms with Gasteiger partial charge in [0.05, 0.1) is 4.99 Å². The quantitative estimate of drug-likeness (QED) is 0.681. The summed E-state index contributed by atoms with van der Waals surface area (Å²) in [4.78, 5) is 12.7. The topological polar surface area (TPSA) is 83.7 Å². The van der Waals surface area contributed by atoms with Gasteiger partial charge in [0.1, 0.15) is 5.25 Å². The molecule has 0 aromatic carbocycles. The van der Waals surface area contributed by atoms with Gasteiger partial charge in [-0.05, 0) is 6.92 Å². The summed E-state index contributed by atoms with van der Waals surface area (Å²) in [5.74, 6) is -0.0376. The Morgan fingerprint density at radius 3 is 2.12 bits per heavy atom. The molecule has 1 fully saturated rings. The van der Waals surface area contributed by atoms with Gasteiger partial charge >= 0.3 is 0 Å². The molecule has 0 aliphatic carbocycles. The van der Waals surface area contributed by atoms with E-state index < -0.39 is 15.3 Å². The SMILES string of the molecule is CC(=O)N1CCN(S(=O)(=O)C(C)C(N)=S)CC1. The molecule has 98 valence electrons. The summed E-state index contributed by atoms with van der Waals surface area (Å²) in [5.41, 5.74) is 5.37. The lowest BCUT2D eigenvalue weighted by atomic mass is 10.3. The van der Waals surface area contributed by atoms with Crippen LogP contribution < -0.4 is 5.73 Å². The van der Waals surface area contributed by atoms with Crippen LogP contribution in [0.4, 0.5) is 0 Å². The number of rotatable bonds is 3. The zero-order valence-corrected chi connectivity index (χ0v) is 11.6. The predicted octanol–water partition coefficient (Wildman–Crippen LogP) is -0.845. The first-order chi connectivity index (χ1) is 7.76. The van der Waals surface area contributed by atoms with Crippen LogP contribution in [0.25, 0.3) is 0 Å². The van der Waals surface area contributed by atoms with E-state index in [1.807, 2.05) is 0 Å². The molecule has 2 N–H and O–H groups in total. The summed E-state index contributed by atoms with van der Waals surface area (Å²) in [5, 5.41) is -0.860. The Kier molecular flexibility index (Phi) is 4.45. The van der Waals surface area contributed by atoms with Crippen molar-refractivity contribution in [3.05, 3.63) is 0 Å². The summed E-state index contributed by atoms with van der Waals surface area (Å²) >= 11 is 4.71. The fourth-order valence-corrected chi connectivity index (χ4v) is 3.41. The van der Waals surface area contributed by atoms with Crippen molar-refractivity contribution in [3.8, 4) is 0 Å². The van der Waals surface area contributed by atoms with Crippen LogP contribution in [0.1, 0.15) is 13.8 Å². The number of piperazine rings is 1. The highest BCUT2D eigenvalue weighted by molar-refractivity contribution is 7.92. The Bertz CT molecular complexity index is 413. The van der Waals surface area contributed by atoms with Gasteiger partial charge in [-0.3, -0.25) is 4.79 Å². The third-order valence-electron chi connectivity index (χ3n) is 2.89. The number of hydrogen-bond acceptors (Lipinski definition) is 4. The first-order valence-corrected chi connectivity index (χ1v) is 7.21. The number of amides is 1. The van der Waals surface area contributed by atoms with Crippen molar-refractivity contribution in [1.29, 1.82) is 0 Å². The maximum absolute atomic E-state index is 12.1. The first-order valence-electron chi connectivity index (χ1n) is 5.30. The van der Waals surface area contributed by atoms with Crippen molar-refractivity contribution in [2.75, 3.05) is 26.2 Å². The molecular formula is C9H17N3O3S2. The van der Waals surface area contributed by atoms with Gasteiger partial charge in [-0.1, -0.05) is 12.2 Å². The molecule has 0 saturated carbocycles. The van der Waals surface area contributed by atoms with Crippen LogP contribution in [0.2, 0.25) is 0 Å². The fraction of sp³-hybridized carbons (Fsp3) is 0.778. The number of nitrogens with two attached hydrogens (primary N) is 1. The molecule has 1 saturated heterocycles. The van der Waals surface area contributed by atoms with E-state index in [1.54, 1.807) is 4.90 Å². The van der Waals surface area contributed by atoms with E-state index in [0.717, 1.165) is 0 Å². The summed E-state index contributed by atoms with van der Waals surface area (Å²) in [6, 6.07) is 0. The van der Waals surface area contributed by atoms with Crippen molar-refractivity contribution < 1.29 is 13.2 Å². The van der Waals surface area contributed by atoms with E-state index in [1.165, 1.54) is 18.2 Å². The summed E-state index contributed by atoms with van der Waals surface area (Å²) < 4.78 is 25.5. The highest BCUT2D eigenvalue weighted by atomic mass is 32.2. The predicted molar refractivity (Wildman–Crippen MR) is 69.0 cm³/mol. The Hall–Kier alpha value is -0.730. The average molecular weight is 279 g/mol. The molecule has 8 heteroatoms. The van der Waals surface area contributed by atoms with Crippen LogP contribution in [0, 0.1) is 0 Å². The average Bonchev–Trinajstić information content (AvgIpc) is 2.27. The van der Waals surface area contributed by atoms with E-state index in [-0.39, 0.29) is 10.9 Å². The molecule has 0 radical (unpaired) electrons. The first kappa shape index (κ1) is 14.3. The van der Waals surface area contributed by atoms with Gasteiger partial charge in [-0.15, -0.1) is 0 Å². The molecule has 1 aliphatic heterocycles. The van der Waals surface area contributed by atoms with Gasteiger partial charge in [0.15, 0.2) is 0 Å². The van der Waals surface area contributed by atoms with Crippen LogP contribution >= 0.6 is 12.2 Å². The van der Waals surface area contributed by atoms with Crippen LogP contribution in [-0.4, -0.2) is 59.9 Å². The third-order valence-corrected chi connectivity index (χ3v) is 5.63. The molecule has 1 aliphatic rings. The van der Waals surface area contributed by atoms with Gasteiger partial charge in [0.25, 0.3) is 0 Å². The molecule has 0 aromatic rings. The normalized spacial score (nSPS) is 20.0. The number of sulfonamides is 1. The van der Waals surface area contributed by atoms with Crippen molar-refractivity contribution in [2.45, 2.75) is 19.1 Å². The van der Waals surface area contributed by atoms with Crippen LogP contribution in [0.3, 0.4) is 0 Å². The summed E-state index contributed by atoms with van der Waals surface area (Å²) in [6.07, 6.45) is 0. The second-order valence-electron chi connectivity index (χ2n) is 3.99. The van der Waals surface area contributed by atoms with Crippen molar-refractivity contribution in [2.24, 2.45) is 5.73 Å². The zero-order chi connectivity index (χ0) is 13.2. The van der Waals surface area contributed by atoms with E-state index in [9.17, 15) is 13.2 Å². The highest BCUT2D eigenvalue weighted by Gasteiger charge is 2.33. The molecule has 1 atom stereocenters. The molecule has 0 bridgehead atoms. The highest BCUT2D eigenvalue weighted by Crippen LogP contribution is 2.13. The second kappa shape index (κ2) is 5.28. The Morgan fingerprint density at radius 2 is 1.76 bits per heavy atom. The van der Waals surface area contributed by atoms with Gasteiger partial charge < -0.3 is 10.6 Å². The molecule has 1 heterocycles. The van der Waals surface area contributed by atoms with E-state index >= 15 is 0 Å². The van der Waals surface area contributed by atoms with E-state index in [2.05, 4.69) is 0 Å². The summed E-state index contributed by atoms with van der Waals surface area (Å²) in [6.45, 7) is 4.39. The van der Waals surface area contributed by atoms with Crippen LogP contribution in [0.15, 0.2) is 0 Å². The lowest BCUT2D eigenvalue weighted by Gasteiger charge is -2.34. The Morgan fingerprint density at radius 1 is 1.29 bits per heavy atom. The van der Waals surface area contributed by atoms with Crippen LogP contribution in [0.5, 0.6) is 0 Å². The zero-order valence-electron chi connectivity index (χ0n) is 9.92. The minimum absolute atomic E-state index is 0.0287. The smallest absolute Gasteiger partial charge is 0.223 e. The van der Waals surface area contributed by atoms with Gasteiger partial charge in [0.2, 0.25) is 15.9 Å². The molecule has 0 aromatic heterocycles. The van der Waals surface area contributed by atoms with Crippen molar-refractivity contribution >= 4 is 33.1 Å². The molecule has 6 nitrogen and oxygen atoms in total. The van der Waals surface area contributed by atoms with Gasteiger partial charge in [-0.25, -0.2) is 8.42 Å². The molecule has 0 spiro atoms. The van der Waals surface area contributed by atoms with Crippen LogP contribution in [-0.2, 0) is 14.8 Å². The number of thiocarbonyl (C=S) groups is 1. The number of carbonyl (C=O) groups is 1. The summed E-state index contributed by atoms with van der Waals surface area (Å²) in [7, 11) is -3.48. The van der Waals surface area contributed by atoms with Gasteiger partial charge in [0, 0.05) is 33.1 Å². The minimum atomic E-state index is -3.48. The lowest BCUT2D eigenvalue weighted by Crippen LogP contribution is -2.53. The third kappa shape index (κ3) is 3.14. The van der Waals surface area contributed by atoms with E-state index in [0.29, 0.717) is 26.2 Å². The largest absolute Gasteiger partial charge is 0.392 e. The Balaban J connectivity index is 2.71. The standard InChI is InChI=1S/C9H17N3O3S2/c1-7(9(10)16)17(14,15)12-5-3-11(4-6-12)8(2)13/h7H,3-6H2,1-2H3,(H2,10,16). The minimum Gasteiger partial charge on any atom is -0.392 e. The molecule has 1 unspecified atom stereocenters. The number of nitrogens with zero attached hydrogens (tertiary/aromatic N) is 2. The lowest BCUT2D eigenvalue weighted by molar-refractivity contribution is -0.129. The van der Waals surface area contributed by atoms with E-state index in [4.69, 9.17) is 18.0 Å². The monoisotopic (exact) mass is 279 g/mol. The Labute approximate surface area is 107 Å².